The monoisotopic (exact) mass is 313 g/mol. The van der Waals surface area contributed by atoms with E-state index < -0.39 is 17.8 Å². The zero-order valence-corrected chi connectivity index (χ0v) is 12.6. The second-order valence-corrected chi connectivity index (χ2v) is 5.23. The van der Waals surface area contributed by atoms with E-state index in [1.807, 2.05) is 60.7 Å². The summed E-state index contributed by atoms with van der Waals surface area (Å²) in [5.74, 6) is -2.21. The Morgan fingerprint density at radius 3 is 2.09 bits per heavy atom. The molecule has 1 amide bonds. The molecule has 120 valence electrons. The molecule has 0 aliphatic heterocycles. The second kappa shape index (κ2) is 8.70. The van der Waals surface area contributed by atoms with Gasteiger partial charge in [-0.2, -0.15) is 0 Å². The highest BCUT2D eigenvalue weighted by Gasteiger charge is 2.21. The molecular formula is C18H19NO4. The Morgan fingerprint density at radius 2 is 1.52 bits per heavy atom. The quantitative estimate of drug-likeness (QED) is 0.734. The maximum atomic E-state index is 11.8. The third kappa shape index (κ3) is 5.92. The van der Waals surface area contributed by atoms with Crippen LogP contribution in [0.5, 0.6) is 0 Å². The molecule has 0 fully saturated rings. The highest BCUT2D eigenvalue weighted by molar-refractivity contribution is 5.81. The van der Waals surface area contributed by atoms with E-state index in [0.29, 0.717) is 6.42 Å². The van der Waals surface area contributed by atoms with Crippen LogP contribution in [0.25, 0.3) is 0 Å². The Morgan fingerprint density at radius 1 is 0.957 bits per heavy atom. The van der Waals surface area contributed by atoms with Crippen LogP contribution in [0, 0.1) is 5.92 Å². The Kier molecular flexibility index (Phi) is 6.32. The zero-order valence-electron chi connectivity index (χ0n) is 12.6. The molecule has 0 radical (unpaired) electrons. The molecule has 0 aromatic heterocycles. The smallest absolute Gasteiger partial charge is 0.307 e. The van der Waals surface area contributed by atoms with Gasteiger partial charge in [0.25, 0.3) is 0 Å². The summed E-state index contributed by atoms with van der Waals surface area (Å²) < 4.78 is 0. The van der Waals surface area contributed by atoms with Crippen molar-refractivity contribution in [1.29, 1.82) is 0 Å². The summed E-state index contributed by atoms with van der Waals surface area (Å²) in [7, 11) is 0. The summed E-state index contributed by atoms with van der Waals surface area (Å²) in [6, 6.07) is 18.6. The molecule has 2 aromatic rings. The molecule has 5 nitrogen and oxygen atoms in total. The van der Waals surface area contributed by atoms with E-state index in [4.69, 9.17) is 4.84 Å². The van der Waals surface area contributed by atoms with Crippen molar-refractivity contribution in [2.45, 2.75) is 19.4 Å². The number of hydrogen-bond donors (Lipinski definition) is 2. The number of carbonyl (C=O) groups excluding carboxylic acids is 1. The summed E-state index contributed by atoms with van der Waals surface area (Å²) in [6.07, 6.45) is 0.182. The van der Waals surface area contributed by atoms with Crippen LogP contribution in [-0.4, -0.2) is 17.0 Å². The van der Waals surface area contributed by atoms with Gasteiger partial charge in [0.05, 0.1) is 12.5 Å². The number of nitrogens with one attached hydrogen (secondary N) is 1. The van der Waals surface area contributed by atoms with Gasteiger partial charge in [-0.15, -0.1) is 0 Å². The lowest BCUT2D eigenvalue weighted by molar-refractivity contribution is -0.146. The first-order valence-electron chi connectivity index (χ1n) is 7.36. The third-order valence-corrected chi connectivity index (χ3v) is 3.37. The molecule has 2 rings (SSSR count). The number of carbonyl (C=O) groups is 2. The van der Waals surface area contributed by atoms with Gasteiger partial charge in [0, 0.05) is 6.42 Å². The highest BCUT2D eigenvalue weighted by Crippen LogP contribution is 2.13. The molecule has 5 heteroatoms. The van der Waals surface area contributed by atoms with Crippen molar-refractivity contribution in [3.63, 3.8) is 0 Å². The van der Waals surface area contributed by atoms with Crippen LogP contribution < -0.4 is 5.48 Å². The fourth-order valence-electron chi connectivity index (χ4n) is 2.19. The minimum atomic E-state index is -0.993. The van der Waals surface area contributed by atoms with E-state index >= 15 is 0 Å². The van der Waals surface area contributed by atoms with Gasteiger partial charge in [0.2, 0.25) is 5.91 Å². The van der Waals surface area contributed by atoms with Crippen molar-refractivity contribution in [3.8, 4) is 0 Å². The van der Waals surface area contributed by atoms with Crippen molar-refractivity contribution in [2.75, 3.05) is 0 Å². The van der Waals surface area contributed by atoms with Crippen molar-refractivity contribution in [1.82, 2.24) is 5.48 Å². The number of carboxylic acid groups (broad SMARTS) is 1. The molecule has 0 saturated carbocycles. The fraction of sp³-hybridized carbons (Fsp3) is 0.222. The summed E-state index contributed by atoms with van der Waals surface area (Å²) in [6.45, 7) is 0.239. The van der Waals surface area contributed by atoms with E-state index in [1.165, 1.54) is 0 Å². The van der Waals surface area contributed by atoms with Crippen LogP contribution in [0.15, 0.2) is 60.7 Å². The lowest BCUT2D eigenvalue weighted by Crippen LogP contribution is -2.29. The summed E-state index contributed by atoms with van der Waals surface area (Å²) >= 11 is 0. The first-order valence-corrected chi connectivity index (χ1v) is 7.36. The van der Waals surface area contributed by atoms with Gasteiger partial charge in [-0.1, -0.05) is 60.7 Å². The van der Waals surface area contributed by atoms with Gasteiger partial charge in [0.1, 0.15) is 0 Å². The van der Waals surface area contributed by atoms with Gasteiger partial charge in [-0.25, -0.2) is 5.48 Å². The van der Waals surface area contributed by atoms with Crippen LogP contribution in [0.4, 0.5) is 0 Å². The van der Waals surface area contributed by atoms with E-state index in [2.05, 4.69) is 5.48 Å². The van der Waals surface area contributed by atoms with E-state index in [0.717, 1.165) is 11.1 Å². The molecule has 0 spiro atoms. The van der Waals surface area contributed by atoms with E-state index in [-0.39, 0.29) is 13.0 Å². The Labute approximate surface area is 134 Å². The predicted molar refractivity (Wildman–Crippen MR) is 85.3 cm³/mol. The standard InChI is InChI=1S/C18H19NO4/c20-17(19-23-13-15-9-5-2-6-10-15)12-16(18(21)22)11-14-7-3-1-4-8-14/h1-10,16H,11-13H2,(H,19,20)(H,21,22). The Bertz CT molecular complexity index is 628. The van der Waals surface area contributed by atoms with Crippen LogP contribution in [0.1, 0.15) is 17.5 Å². The molecule has 0 heterocycles. The molecule has 2 aromatic carbocycles. The molecule has 0 saturated heterocycles. The number of carboxylic acids is 1. The first-order chi connectivity index (χ1) is 11.1. The summed E-state index contributed by atoms with van der Waals surface area (Å²) in [5, 5.41) is 9.27. The molecule has 1 unspecified atom stereocenters. The molecule has 1 atom stereocenters. The normalized spacial score (nSPS) is 11.7. The number of hydroxylamine groups is 1. The minimum absolute atomic E-state index is 0.126. The van der Waals surface area contributed by atoms with Crippen molar-refractivity contribution < 1.29 is 19.5 Å². The maximum absolute atomic E-state index is 11.8. The van der Waals surface area contributed by atoms with Gasteiger partial charge < -0.3 is 5.11 Å². The van der Waals surface area contributed by atoms with Gasteiger partial charge in [0.15, 0.2) is 0 Å². The molecule has 23 heavy (non-hydrogen) atoms. The van der Waals surface area contributed by atoms with Crippen molar-refractivity contribution in [3.05, 3.63) is 71.8 Å². The Hall–Kier alpha value is -2.66. The predicted octanol–water partition coefficient (Wildman–Crippen LogP) is 2.57. The topological polar surface area (TPSA) is 75.6 Å². The minimum Gasteiger partial charge on any atom is -0.481 e. The summed E-state index contributed by atoms with van der Waals surface area (Å²) in [5.41, 5.74) is 4.11. The molecule has 0 bridgehead atoms. The van der Waals surface area contributed by atoms with Crippen LogP contribution >= 0.6 is 0 Å². The average Bonchev–Trinajstić information content (AvgIpc) is 2.56. The van der Waals surface area contributed by atoms with Crippen molar-refractivity contribution >= 4 is 11.9 Å². The number of rotatable bonds is 8. The molecule has 0 aliphatic rings. The zero-order chi connectivity index (χ0) is 16.5. The lowest BCUT2D eigenvalue weighted by atomic mass is 9.96. The number of benzene rings is 2. The third-order valence-electron chi connectivity index (χ3n) is 3.37. The maximum Gasteiger partial charge on any atom is 0.307 e. The van der Waals surface area contributed by atoms with Gasteiger partial charge in [-0.3, -0.25) is 14.4 Å². The largest absolute Gasteiger partial charge is 0.481 e. The first kappa shape index (κ1) is 16.7. The summed E-state index contributed by atoms with van der Waals surface area (Å²) in [4.78, 5) is 28.3. The second-order valence-electron chi connectivity index (χ2n) is 5.23. The molecule has 0 aliphatic carbocycles. The molecule has 2 N–H and O–H groups in total. The van der Waals surface area contributed by atoms with Crippen LogP contribution in [0.3, 0.4) is 0 Å². The number of aliphatic carboxylic acids is 1. The van der Waals surface area contributed by atoms with Crippen LogP contribution in [-0.2, 0) is 27.5 Å². The Balaban J connectivity index is 1.80. The van der Waals surface area contributed by atoms with Gasteiger partial charge >= 0.3 is 5.97 Å². The average molecular weight is 313 g/mol. The SMILES string of the molecule is O=C(CC(Cc1ccccc1)C(=O)O)NOCc1ccccc1. The fourth-order valence-corrected chi connectivity index (χ4v) is 2.19. The van der Waals surface area contributed by atoms with E-state index in [1.54, 1.807) is 0 Å². The molecular weight excluding hydrogens is 294 g/mol. The lowest BCUT2D eigenvalue weighted by Gasteiger charge is -2.12. The number of hydrogen-bond acceptors (Lipinski definition) is 3. The van der Waals surface area contributed by atoms with Gasteiger partial charge in [-0.05, 0) is 17.5 Å². The number of amides is 1. The van der Waals surface area contributed by atoms with Crippen LogP contribution in [0.2, 0.25) is 0 Å². The highest BCUT2D eigenvalue weighted by atomic mass is 16.6. The van der Waals surface area contributed by atoms with Crippen molar-refractivity contribution in [2.24, 2.45) is 5.92 Å². The van der Waals surface area contributed by atoms with E-state index in [9.17, 15) is 14.7 Å².